The average molecular weight is 645 g/mol. The number of carboxylic acid groups (broad SMARTS) is 1. The van der Waals surface area contributed by atoms with Crippen molar-refractivity contribution in [1.82, 2.24) is 0 Å². The van der Waals surface area contributed by atoms with Crippen molar-refractivity contribution in [1.29, 1.82) is 0 Å². The molecule has 1 heterocycles. The number of benzene rings is 3. The number of unbranched alkanes of at least 4 members (excludes halogenated alkanes) is 7. The van der Waals surface area contributed by atoms with Gasteiger partial charge in [0.1, 0.15) is 5.60 Å². The number of quaternary nitrogens is 1. The van der Waals surface area contributed by atoms with E-state index < -0.39 is 23.1 Å². The van der Waals surface area contributed by atoms with Crippen LogP contribution in [0.4, 0.5) is 0 Å². The van der Waals surface area contributed by atoms with Crippen molar-refractivity contribution >= 4 is 5.97 Å². The van der Waals surface area contributed by atoms with Crippen molar-refractivity contribution in [2.45, 2.75) is 122 Å². The number of likely N-dealkylation sites (tertiary alicyclic amines) is 1. The third kappa shape index (κ3) is 11.3. The zero-order valence-electron chi connectivity index (χ0n) is 29.6. The Hall–Kier alpha value is -2.99. The second-order valence-corrected chi connectivity index (χ2v) is 14.1. The number of rotatable bonds is 17. The van der Waals surface area contributed by atoms with E-state index in [-0.39, 0.29) is 5.92 Å². The molecular formula is C42H62NO4+. The fourth-order valence-corrected chi connectivity index (χ4v) is 6.88. The van der Waals surface area contributed by atoms with Crippen LogP contribution in [0.5, 0.6) is 0 Å². The van der Waals surface area contributed by atoms with Gasteiger partial charge in [0.25, 0.3) is 0 Å². The maximum Gasteiger partial charge on any atom is 0.313 e. The molecule has 3 aromatic carbocycles. The molecule has 0 aromatic heterocycles. The van der Waals surface area contributed by atoms with Gasteiger partial charge in [0.05, 0.1) is 31.2 Å². The quantitative estimate of drug-likeness (QED) is 0.112. The topological polar surface area (TPSA) is 82.2 Å². The maximum absolute atomic E-state index is 12.1. The predicted octanol–water partition coefficient (Wildman–Crippen LogP) is 8.24. The van der Waals surface area contributed by atoms with Gasteiger partial charge >= 0.3 is 5.97 Å². The molecule has 0 radical (unpaired) electrons. The molecular weight excluding hydrogens is 582 g/mol. The molecule has 1 aliphatic heterocycles. The Labute approximate surface area is 285 Å². The van der Waals surface area contributed by atoms with Crippen molar-refractivity contribution in [2.24, 2.45) is 5.92 Å². The largest absolute Gasteiger partial charge is 0.481 e. The highest BCUT2D eigenvalue weighted by atomic mass is 16.4. The molecule has 1 unspecified atom stereocenters. The van der Waals surface area contributed by atoms with Crippen LogP contribution in [-0.2, 0) is 15.8 Å². The van der Waals surface area contributed by atoms with Gasteiger partial charge in [0.2, 0.25) is 0 Å². The van der Waals surface area contributed by atoms with E-state index in [0.717, 1.165) is 61.2 Å². The van der Waals surface area contributed by atoms with Gasteiger partial charge in [-0.25, -0.2) is 0 Å². The highest BCUT2D eigenvalue weighted by Crippen LogP contribution is 2.40. The van der Waals surface area contributed by atoms with Crippen molar-refractivity contribution in [3.05, 3.63) is 107 Å². The van der Waals surface area contributed by atoms with Gasteiger partial charge in [-0.2, -0.15) is 0 Å². The molecule has 47 heavy (non-hydrogen) atoms. The van der Waals surface area contributed by atoms with E-state index in [1.807, 2.05) is 84.9 Å². The Bertz CT molecular complexity index is 1220. The zero-order chi connectivity index (χ0) is 34.1. The molecule has 1 fully saturated rings. The number of aliphatic hydroxyl groups is 2. The first-order chi connectivity index (χ1) is 22.6. The van der Waals surface area contributed by atoms with E-state index in [1.165, 1.54) is 56.3 Å². The Balaban J connectivity index is 0.000000520. The van der Waals surface area contributed by atoms with E-state index >= 15 is 0 Å². The number of nitrogens with one attached hydrogen (secondary N) is 1. The van der Waals surface area contributed by atoms with E-state index in [4.69, 9.17) is 0 Å². The summed E-state index contributed by atoms with van der Waals surface area (Å²) in [6.07, 6.45) is 14.4. The van der Waals surface area contributed by atoms with Gasteiger partial charge in [-0.1, -0.05) is 150 Å². The number of hydrogen-bond donors (Lipinski definition) is 4. The molecule has 1 aliphatic rings. The molecule has 5 nitrogen and oxygen atoms in total. The molecule has 0 amide bonds. The minimum atomic E-state index is -0.994. The SMILES string of the molecule is CC(C)(C(=O)O)c1ccc(C(O)CCC[NH+]2CCC(C(O)(c3ccccc3)c3ccccc3)CC2)cc1.CCCCCCCCCC. The maximum atomic E-state index is 12.1. The molecule has 0 aliphatic carbocycles. The molecule has 1 saturated heterocycles. The Kier molecular flexibility index (Phi) is 16.2. The second-order valence-electron chi connectivity index (χ2n) is 14.1. The van der Waals surface area contributed by atoms with Gasteiger partial charge < -0.3 is 20.2 Å². The Morgan fingerprint density at radius 2 is 1.19 bits per heavy atom. The van der Waals surface area contributed by atoms with Crippen molar-refractivity contribution in [3.63, 3.8) is 0 Å². The third-order valence-corrected chi connectivity index (χ3v) is 10.2. The molecule has 0 bridgehead atoms. The summed E-state index contributed by atoms with van der Waals surface area (Å²) in [7, 11) is 0. The summed E-state index contributed by atoms with van der Waals surface area (Å²) < 4.78 is 0. The summed E-state index contributed by atoms with van der Waals surface area (Å²) in [4.78, 5) is 13.0. The van der Waals surface area contributed by atoms with E-state index in [9.17, 15) is 20.1 Å². The normalized spacial score (nSPS) is 17.4. The fourth-order valence-electron chi connectivity index (χ4n) is 6.88. The van der Waals surface area contributed by atoms with Gasteiger partial charge in [0, 0.05) is 18.8 Å². The number of carboxylic acids is 1. The third-order valence-electron chi connectivity index (χ3n) is 10.2. The number of carbonyl (C=O) groups is 1. The Morgan fingerprint density at radius 3 is 1.64 bits per heavy atom. The van der Waals surface area contributed by atoms with Gasteiger partial charge in [0.15, 0.2) is 0 Å². The van der Waals surface area contributed by atoms with Crippen LogP contribution >= 0.6 is 0 Å². The van der Waals surface area contributed by atoms with Crippen molar-refractivity contribution < 1.29 is 25.0 Å². The van der Waals surface area contributed by atoms with Crippen molar-refractivity contribution in [3.8, 4) is 0 Å². The molecule has 1 atom stereocenters. The van der Waals surface area contributed by atoms with E-state index in [1.54, 1.807) is 13.8 Å². The minimum absolute atomic E-state index is 0.153. The lowest BCUT2D eigenvalue weighted by molar-refractivity contribution is -0.906. The first-order valence-electron chi connectivity index (χ1n) is 18.3. The van der Waals surface area contributed by atoms with Gasteiger partial charge in [-0.3, -0.25) is 4.79 Å². The molecule has 3 aromatic rings. The molecule has 258 valence electrons. The first kappa shape index (κ1) is 38.5. The predicted molar refractivity (Wildman–Crippen MR) is 194 cm³/mol. The first-order valence-corrected chi connectivity index (χ1v) is 18.3. The monoisotopic (exact) mass is 644 g/mol. The van der Waals surface area contributed by atoms with Crippen LogP contribution in [0.15, 0.2) is 84.9 Å². The van der Waals surface area contributed by atoms with Crippen LogP contribution in [0.2, 0.25) is 0 Å². The lowest BCUT2D eigenvalue weighted by Gasteiger charge is -2.41. The summed E-state index contributed by atoms with van der Waals surface area (Å²) in [6, 6.07) is 27.4. The summed E-state index contributed by atoms with van der Waals surface area (Å²) in [6.45, 7) is 10.9. The van der Waals surface area contributed by atoms with E-state index in [2.05, 4.69) is 13.8 Å². The number of hydrogen-bond acceptors (Lipinski definition) is 3. The van der Waals surface area contributed by atoms with E-state index in [0.29, 0.717) is 6.42 Å². The zero-order valence-corrected chi connectivity index (χ0v) is 29.6. The number of aliphatic hydroxyl groups excluding tert-OH is 1. The molecule has 4 N–H and O–H groups in total. The molecule has 4 rings (SSSR count). The lowest BCUT2D eigenvalue weighted by Crippen LogP contribution is -3.13. The molecule has 0 spiro atoms. The minimum Gasteiger partial charge on any atom is -0.481 e. The summed E-state index contributed by atoms with van der Waals surface area (Å²) in [5, 5.41) is 32.2. The summed E-state index contributed by atoms with van der Waals surface area (Å²) in [5.74, 6) is -0.710. The number of piperidine rings is 1. The average Bonchev–Trinajstić information content (AvgIpc) is 3.10. The highest BCUT2D eigenvalue weighted by molar-refractivity contribution is 5.80. The van der Waals surface area contributed by atoms with Crippen LogP contribution in [-0.4, -0.2) is 40.9 Å². The fraction of sp³-hybridized carbons (Fsp3) is 0.548. The second kappa shape index (κ2) is 19.7. The Morgan fingerprint density at radius 1 is 0.723 bits per heavy atom. The van der Waals surface area contributed by atoms with Crippen LogP contribution in [0.3, 0.4) is 0 Å². The lowest BCUT2D eigenvalue weighted by atomic mass is 9.72. The van der Waals surface area contributed by atoms with Crippen LogP contribution < -0.4 is 4.90 Å². The summed E-state index contributed by atoms with van der Waals surface area (Å²) >= 11 is 0. The van der Waals surface area contributed by atoms with Gasteiger partial charge in [-0.15, -0.1) is 0 Å². The smallest absolute Gasteiger partial charge is 0.313 e. The van der Waals surface area contributed by atoms with Gasteiger partial charge in [-0.05, 0) is 48.9 Å². The van der Waals surface area contributed by atoms with Crippen LogP contribution in [0.1, 0.15) is 133 Å². The van der Waals surface area contributed by atoms with Crippen molar-refractivity contribution in [2.75, 3.05) is 19.6 Å². The summed E-state index contributed by atoms with van der Waals surface area (Å²) in [5.41, 5.74) is 1.52. The highest BCUT2D eigenvalue weighted by Gasteiger charge is 2.42. The number of aliphatic carboxylic acids is 1. The van der Waals surface area contributed by atoms with Crippen LogP contribution in [0.25, 0.3) is 0 Å². The molecule has 0 saturated carbocycles. The molecule has 5 heteroatoms. The standard InChI is InChI=1S/C32H39NO4.C10H22/c1-31(2,30(35)36)25-17-15-24(16-18-25)29(34)14-9-21-33-22-19-28(20-23-33)32(37,26-10-5-3-6-11-26)27-12-7-4-8-13-27;1-3-5-7-9-10-8-6-4-2/h3-8,10-13,15-18,28-29,34,37H,9,14,19-23H2,1-2H3,(H,35,36);3-10H2,1-2H3/p+1. The van der Waals surface area contributed by atoms with Crippen LogP contribution in [0, 0.1) is 5.92 Å².